The molecule has 0 saturated heterocycles. The van der Waals surface area contributed by atoms with E-state index < -0.39 is 6.04 Å². The molecule has 2 aromatic rings. The Labute approximate surface area is 131 Å². The summed E-state index contributed by atoms with van der Waals surface area (Å²) < 4.78 is 10.9. The molecule has 6 nitrogen and oxygen atoms in total. The lowest BCUT2D eigenvalue weighted by Gasteiger charge is -2.13. The van der Waals surface area contributed by atoms with Crippen LogP contribution in [-0.4, -0.2) is 28.9 Å². The molecule has 22 heavy (non-hydrogen) atoms. The van der Waals surface area contributed by atoms with Gasteiger partial charge in [-0.2, -0.15) is 5.10 Å². The lowest BCUT2D eigenvalue weighted by molar-refractivity contribution is 0.310. The van der Waals surface area contributed by atoms with Crippen LogP contribution in [0.25, 0.3) is 0 Å². The van der Waals surface area contributed by atoms with Gasteiger partial charge in [0.15, 0.2) is 17.3 Å². The summed E-state index contributed by atoms with van der Waals surface area (Å²) in [7, 11) is 1.62. The molecule has 0 aliphatic carbocycles. The van der Waals surface area contributed by atoms with Gasteiger partial charge in [0, 0.05) is 6.42 Å². The maximum atomic E-state index is 6.28. The molecule has 0 amide bonds. The van der Waals surface area contributed by atoms with E-state index in [2.05, 4.69) is 29.0 Å². The zero-order valence-corrected chi connectivity index (χ0v) is 13.6. The third kappa shape index (κ3) is 3.76. The maximum absolute atomic E-state index is 6.28. The minimum Gasteiger partial charge on any atom is -0.493 e. The summed E-state index contributed by atoms with van der Waals surface area (Å²) in [5.41, 5.74) is 7.16. The van der Waals surface area contributed by atoms with E-state index in [1.807, 2.05) is 25.1 Å². The van der Waals surface area contributed by atoms with Gasteiger partial charge in [0.2, 0.25) is 0 Å². The van der Waals surface area contributed by atoms with E-state index >= 15 is 0 Å². The third-order valence-electron chi connectivity index (χ3n) is 3.28. The van der Waals surface area contributed by atoms with E-state index in [0.717, 1.165) is 17.8 Å². The van der Waals surface area contributed by atoms with Gasteiger partial charge in [0.1, 0.15) is 5.82 Å². The largest absolute Gasteiger partial charge is 0.493 e. The first-order valence-electron chi connectivity index (χ1n) is 7.52. The predicted molar refractivity (Wildman–Crippen MR) is 85.1 cm³/mol. The molecule has 0 saturated carbocycles. The molecule has 1 aromatic carbocycles. The third-order valence-corrected chi connectivity index (χ3v) is 3.28. The van der Waals surface area contributed by atoms with Crippen LogP contribution >= 0.6 is 0 Å². The van der Waals surface area contributed by atoms with Crippen LogP contribution in [0.3, 0.4) is 0 Å². The fourth-order valence-corrected chi connectivity index (χ4v) is 2.23. The number of rotatable bonds is 7. The Bertz CT molecular complexity index is 610. The first-order chi connectivity index (χ1) is 10.5. The lowest BCUT2D eigenvalue weighted by Crippen LogP contribution is -2.14. The fraction of sp³-hybridized carbons (Fsp3) is 0.500. The number of benzene rings is 1. The Morgan fingerprint density at radius 1 is 1.27 bits per heavy atom. The Kier molecular flexibility index (Phi) is 5.38. The topological polar surface area (TPSA) is 86.0 Å². The van der Waals surface area contributed by atoms with Gasteiger partial charge in [-0.15, -0.1) is 0 Å². The molecule has 0 aliphatic rings. The average molecular weight is 304 g/mol. The van der Waals surface area contributed by atoms with E-state index in [4.69, 9.17) is 15.2 Å². The summed E-state index contributed by atoms with van der Waals surface area (Å²) >= 11 is 0. The van der Waals surface area contributed by atoms with Gasteiger partial charge in [-0.3, -0.25) is 5.10 Å². The van der Waals surface area contributed by atoms with Crippen LogP contribution in [0.4, 0.5) is 0 Å². The Hall–Kier alpha value is -2.08. The molecule has 1 heterocycles. The normalized spacial score (nSPS) is 12.5. The summed E-state index contributed by atoms with van der Waals surface area (Å²) in [6.45, 7) is 6.77. The number of ether oxygens (including phenoxy) is 2. The zero-order valence-electron chi connectivity index (χ0n) is 13.6. The number of nitrogens with zero attached hydrogens (tertiary/aromatic N) is 2. The standard InChI is InChI=1S/C16H24N4O2/c1-5-22-13-9-11(6-7-12(13)21-4)15(17)16-18-14(19-20-16)8-10(2)3/h6-7,9-10,15H,5,8,17H2,1-4H3,(H,18,19,20)/t15-/m0/s1. The fourth-order valence-electron chi connectivity index (χ4n) is 2.23. The molecule has 0 unspecified atom stereocenters. The van der Waals surface area contributed by atoms with Gasteiger partial charge >= 0.3 is 0 Å². The van der Waals surface area contributed by atoms with Gasteiger partial charge in [-0.1, -0.05) is 19.9 Å². The van der Waals surface area contributed by atoms with Gasteiger partial charge in [-0.05, 0) is 30.5 Å². The van der Waals surface area contributed by atoms with Crippen LogP contribution in [0.5, 0.6) is 11.5 Å². The van der Waals surface area contributed by atoms with Gasteiger partial charge in [0.05, 0.1) is 19.8 Å². The smallest absolute Gasteiger partial charge is 0.171 e. The van der Waals surface area contributed by atoms with E-state index in [1.54, 1.807) is 7.11 Å². The lowest BCUT2D eigenvalue weighted by atomic mass is 10.1. The van der Waals surface area contributed by atoms with Gasteiger partial charge in [-0.25, -0.2) is 4.98 Å². The number of hydrogen-bond acceptors (Lipinski definition) is 5. The Morgan fingerprint density at radius 2 is 2.05 bits per heavy atom. The second-order valence-corrected chi connectivity index (χ2v) is 5.56. The summed E-state index contributed by atoms with van der Waals surface area (Å²) in [5, 5.41) is 7.18. The summed E-state index contributed by atoms with van der Waals surface area (Å²) in [4.78, 5) is 4.48. The molecule has 0 fully saturated rings. The number of H-pyrrole nitrogens is 1. The molecule has 2 rings (SSSR count). The highest BCUT2D eigenvalue weighted by atomic mass is 16.5. The van der Waals surface area contributed by atoms with E-state index in [-0.39, 0.29) is 0 Å². The van der Waals surface area contributed by atoms with Crippen LogP contribution in [0, 0.1) is 5.92 Å². The zero-order chi connectivity index (χ0) is 16.1. The Balaban J connectivity index is 2.23. The van der Waals surface area contributed by atoms with Gasteiger partial charge < -0.3 is 15.2 Å². The molecule has 120 valence electrons. The number of aromatic nitrogens is 3. The summed E-state index contributed by atoms with van der Waals surface area (Å²) in [6.07, 6.45) is 0.854. The van der Waals surface area contributed by atoms with Crippen LogP contribution in [0.2, 0.25) is 0 Å². The number of nitrogens with one attached hydrogen (secondary N) is 1. The molecule has 0 radical (unpaired) electrons. The molecule has 0 bridgehead atoms. The van der Waals surface area contributed by atoms with Crippen molar-refractivity contribution in [2.75, 3.05) is 13.7 Å². The van der Waals surface area contributed by atoms with Crippen LogP contribution in [0.15, 0.2) is 18.2 Å². The van der Waals surface area contributed by atoms with E-state index in [1.165, 1.54) is 0 Å². The van der Waals surface area contributed by atoms with Crippen molar-refractivity contribution in [3.05, 3.63) is 35.4 Å². The molecular formula is C16H24N4O2. The quantitative estimate of drug-likeness (QED) is 0.820. The highest BCUT2D eigenvalue weighted by Gasteiger charge is 2.17. The minimum atomic E-state index is -0.401. The number of nitrogens with two attached hydrogens (primary N) is 1. The Morgan fingerprint density at radius 3 is 2.68 bits per heavy atom. The predicted octanol–water partition coefficient (Wildman–Crippen LogP) is 2.46. The van der Waals surface area contributed by atoms with Crippen molar-refractivity contribution >= 4 is 0 Å². The van der Waals surface area contributed by atoms with Crippen molar-refractivity contribution in [3.8, 4) is 11.5 Å². The molecular weight excluding hydrogens is 280 g/mol. The number of methoxy groups -OCH3 is 1. The SMILES string of the molecule is CCOc1cc([C@H](N)c2n[nH]c(CC(C)C)n2)ccc1OC. The molecule has 1 atom stereocenters. The molecule has 6 heteroatoms. The molecule has 3 N–H and O–H groups in total. The van der Waals surface area contributed by atoms with Crippen molar-refractivity contribution in [2.24, 2.45) is 11.7 Å². The van der Waals surface area contributed by atoms with Crippen LogP contribution in [0.1, 0.15) is 44.0 Å². The molecule has 1 aromatic heterocycles. The van der Waals surface area contributed by atoms with Crippen molar-refractivity contribution in [1.29, 1.82) is 0 Å². The molecule has 0 spiro atoms. The summed E-state index contributed by atoms with van der Waals surface area (Å²) in [5.74, 6) is 3.33. The second-order valence-electron chi connectivity index (χ2n) is 5.56. The maximum Gasteiger partial charge on any atom is 0.171 e. The van der Waals surface area contributed by atoms with Crippen molar-refractivity contribution < 1.29 is 9.47 Å². The highest BCUT2D eigenvalue weighted by molar-refractivity contribution is 5.44. The van der Waals surface area contributed by atoms with Crippen LogP contribution in [-0.2, 0) is 6.42 Å². The highest BCUT2D eigenvalue weighted by Crippen LogP contribution is 2.31. The van der Waals surface area contributed by atoms with Crippen molar-refractivity contribution in [3.63, 3.8) is 0 Å². The number of aromatic amines is 1. The van der Waals surface area contributed by atoms with Crippen molar-refractivity contribution in [1.82, 2.24) is 15.2 Å². The first kappa shape index (κ1) is 16.3. The second kappa shape index (κ2) is 7.26. The first-order valence-corrected chi connectivity index (χ1v) is 7.52. The monoisotopic (exact) mass is 304 g/mol. The van der Waals surface area contributed by atoms with Gasteiger partial charge in [0.25, 0.3) is 0 Å². The summed E-state index contributed by atoms with van der Waals surface area (Å²) in [6, 6.07) is 5.24. The van der Waals surface area contributed by atoms with Crippen LogP contribution < -0.4 is 15.2 Å². The molecule has 0 aliphatic heterocycles. The average Bonchev–Trinajstić information content (AvgIpc) is 2.94. The van der Waals surface area contributed by atoms with E-state index in [9.17, 15) is 0 Å². The van der Waals surface area contributed by atoms with Crippen molar-refractivity contribution in [2.45, 2.75) is 33.2 Å². The number of hydrogen-bond donors (Lipinski definition) is 2. The van der Waals surface area contributed by atoms with E-state index in [0.29, 0.717) is 29.8 Å². The minimum absolute atomic E-state index is 0.401.